The van der Waals surface area contributed by atoms with Crippen molar-refractivity contribution in [1.29, 1.82) is 0 Å². The molecule has 0 aromatic carbocycles. The van der Waals surface area contributed by atoms with Crippen LogP contribution in [-0.4, -0.2) is 32.9 Å². The predicted molar refractivity (Wildman–Crippen MR) is 122 cm³/mol. The Kier molecular flexibility index (Phi) is 8.46. The molecule has 1 heterocycles. The van der Waals surface area contributed by atoms with Crippen molar-refractivity contribution in [1.82, 2.24) is 4.90 Å². The molecule has 5 heteroatoms. The van der Waals surface area contributed by atoms with Gasteiger partial charge in [-0.3, -0.25) is 4.90 Å². The summed E-state index contributed by atoms with van der Waals surface area (Å²) in [5.74, 6) is 0.730. The maximum atomic E-state index is 6.52. The number of halogens is 1. The van der Waals surface area contributed by atoms with E-state index in [1.165, 1.54) is 20.8 Å². The molecule has 146 valence electrons. The summed E-state index contributed by atoms with van der Waals surface area (Å²) in [6, 6.07) is 2.32. The fourth-order valence-electron chi connectivity index (χ4n) is 3.46. The van der Waals surface area contributed by atoms with Crippen molar-refractivity contribution in [3.8, 4) is 0 Å². The summed E-state index contributed by atoms with van der Waals surface area (Å²) in [4.78, 5) is 5.19. The molecular weight excluding hydrogens is 373 g/mol. The number of hydrogen-bond acceptors (Lipinski definition) is 3. The minimum Gasteiger partial charge on any atom is -0.500 e. The average molecular weight is 404 g/mol. The number of nitrogens with zero attached hydrogens (tertiary/aromatic N) is 1. The molecule has 0 amide bonds. The highest BCUT2D eigenvalue weighted by atomic mass is 35.5. The highest BCUT2D eigenvalue weighted by molar-refractivity contribution is 7.12. The van der Waals surface area contributed by atoms with E-state index in [1.54, 1.807) is 7.11 Å². The second kappa shape index (κ2) is 10.4. The van der Waals surface area contributed by atoms with Crippen molar-refractivity contribution in [3.05, 3.63) is 68.5 Å². The van der Waals surface area contributed by atoms with Gasteiger partial charge in [0.2, 0.25) is 0 Å². The minimum atomic E-state index is -0.0393. The number of likely N-dealkylation sites (N-methyl/N-ethyl adjacent to an activating group) is 1. The van der Waals surface area contributed by atoms with E-state index < -0.39 is 0 Å². The van der Waals surface area contributed by atoms with E-state index in [2.05, 4.69) is 58.1 Å². The normalized spacial score (nSPS) is 15.3. The van der Waals surface area contributed by atoms with Crippen LogP contribution in [0.4, 0.5) is 0 Å². The smallest absolute Gasteiger partial charge is 0.133 e. The minimum absolute atomic E-state index is 0.0393. The Morgan fingerprint density at radius 1 is 1.37 bits per heavy atom. The fraction of sp³-hybridized carbons (Fsp3) is 0.455. The molecule has 27 heavy (non-hydrogen) atoms. The molecule has 0 N–H and O–H groups in total. The molecule has 2 rings (SSSR count). The van der Waals surface area contributed by atoms with Gasteiger partial charge in [0, 0.05) is 21.3 Å². The van der Waals surface area contributed by atoms with Gasteiger partial charge >= 0.3 is 0 Å². The number of hydrogen-bond donors (Lipinski definition) is 0. The number of rotatable bonds is 10. The van der Waals surface area contributed by atoms with Gasteiger partial charge in [-0.25, -0.2) is 0 Å². The van der Waals surface area contributed by atoms with Gasteiger partial charge in [-0.2, -0.15) is 0 Å². The summed E-state index contributed by atoms with van der Waals surface area (Å²) in [6.45, 7) is 11.2. The summed E-state index contributed by atoms with van der Waals surface area (Å²) >= 11 is 8.45. The maximum Gasteiger partial charge on any atom is 0.133 e. The van der Waals surface area contributed by atoms with Crippen molar-refractivity contribution in [2.24, 2.45) is 0 Å². The van der Waals surface area contributed by atoms with E-state index in [0.717, 1.165) is 55.0 Å². The molecule has 0 aliphatic heterocycles. The fourth-order valence-corrected chi connectivity index (χ4v) is 4.87. The molecule has 0 fully saturated rings. The Hall–Kier alpha value is -1.23. The van der Waals surface area contributed by atoms with Gasteiger partial charge in [0.25, 0.3) is 0 Å². The van der Waals surface area contributed by atoms with Crippen molar-refractivity contribution >= 4 is 30.8 Å². The van der Waals surface area contributed by atoms with Crippen LogP contribution >= 0.6 is 22.9 Å². The zero-order chi connectivity index (χ0) is 20.0. The largest absolute Gasteiger partial charge is 0.500 e. The zero-order valence-electron chi connectivity index (χ0n) is 17.1. The topological polar surface area (TPSA) is 12.5 Å². The summed E-state index contributed by atoms with van der Waals surface area (Å²) < 4.78 is 5.53. The molecule has 2 nitrogen and oxygen atoms in total. The Bertz CT molecular complexity index is 749. The van der Waals surface area contributed by atoms with Crippen LogP contribution in [0.15, 0.2) is 53.2 Å². The van der Waals surface area contributed by atoms with Crippen molar-refractivity contribution < 1.29 is 4.74 Å². The second-order valence-corrected chi connectivity index (χ2v) is 8.88. The highest BCUT2D eigenvalue weighted by Crippen LogP contribution is 2.33. The first-order valence-electron chi connectivity index (χ1n) is 9.61. The molecule has 1 aliphatic rings. The van der Waals surface area contributed by atoms with E-state index in [1.807, 2.05) is 11.3 Å². The van der Waals surface area contributed by atoms with Crippen molar-refractivity contribution in [3.63, 3.8) is 0 Å². The number of ether oxygens (including phenoxy) is 1. The van der Waals surface area contributed by atoms with Gasteiger partial charge in [0.05, 0.1) is 13.2 Å². The van der Waals surface area contributed by atoms with Crippen LogP contribution in [0.2, 0.25) is 0 Å². The molecule has 0 radical (unpaired) electrons. The third-order valence-corrected chi connectivity index (χ3v) is 6.67. The lowest BCUT2D eigenvalue weighted by molar-refractivity contribution is 0.191. The van der Waals surface area contributed by atoms with Gasteiger partial charge in [0.15, 0.2) is 0 Å². The summed E-state index contributed by atoms with van der Waals surface area (Å²) in [7, 11) is 5.90. The second-order valence-electron chi connectivity index (χ2n) is 7.25. The van der Waals surface area contributed by atoms with Crippen LogP contribution < -0.4 is 0 Å². The van der Waals surface area contributed by atoms with E-state index in [9.17, 15) is 0 Å². The van der Waals surface area contributed by atoms with E-state index in [0.29, 0.717) is 0 Å². The Labute approximate surface area is 174 Å². The summed E-state index contributed by atoms with van der Waals surface area (Å²) in [5.41, 5.74) is 3.74. The van der Waals surface area contributed by atoms with Gasteiger partial charge in [-0.05, 0) is 56.4 Å². The Morgan fingerprint density at radius 2 is 2.07 bits per heavy atom. The van der Waals surface area contributed by atoms with Gasteiger partial charge in [-0.1, -0.05) is 37.3 Å². The van der Waals surface area contributed by atoms with Crippen LogP contribution in [-0.2, 0) is 24.1 Å². The van der Waals surface area contributed by atoms with Crippen molar-refractivity contribution in [2.75, 3.05) is 14.2 Å². The van der Waals surface area contributed by atoms with Crippen LogP contribution in [0.25, 0.3) is 0 Å². The van der Waals surface area contributed by atoms with Crippen LogP contribution in [0, 0.1) is 0 Å². The molecule has 1 aromatic rings. The lowest BCUT2D eigenvalue weighted by Crippen LogP contribution is -2.35. The molecule has 1 aromatic heterocycles. The number of methoxy groups -OCH3 is 1. The SMILES string of the molecule is BC(=C)CCc1cc(CN(C)[C@H](C(=C)OC)C2=CCCC=C2Cl)c(CC)s1. The van der Waals surface area contributed by atoms with E-state index in [-0.39, 0.29) is 6.04 Å². The first-order chi connectivity index (χ1) is 12.9. The summed E-state index contributed by atoms with van der Waals surface area (Å²) in [6.07, 6.45) is 9.50. The lowest BCUT2D eigenvalue weighted by Gasteiger charge is -2.32. The molecule has 0 unspecified atom stereocenters. The van der Waals surface area contributed by atoms with Crippen LogP contribution in [0.1, 0.15) is 41.5 Å². The Balaban J connectivity index is 2.23. The van der Waals surface area contributed by atoms with Gasteiger partial charge in [-0.15, -0.1) is 23.4 Å². The standard InChI is InChI=1S/C22H31BClNOS/c1-6-21-17(13-18(27-21)12-11-15(2)23)14-25(4)22(16(3)26-5)19-9-7-8-10-20(19)24/h9-10,13,22H,2-3,6-8,11-12,14,23H2,1,4-5H3/t22-/m1/s1. The van der Waals surface area contributed by atoms with E-state index in [4.69, 9.17) is 16.3 Å². The third kappa shape index (κ3) is 5.87. The quantitative estimate of drug-likeness (QED) is 0.393. The first kappa shape index (κ1) is 22.1. The predicted octanol–water partition coefficient (Wildman–Crippen LogP) is 5.19. The molecule has 0 spiro atoms. The molecular formula is C22H31BClNOS. The number of aryl methyl sites for hydroxylation is 2. The van der Waals surface area contributed by atoms with Gasteiger partial charge < -0.3 is 4.74 Å². The molecule has 0 saturated carbocycles. The van der Waals surface area contributed by atoms with Crippen molar-refractivity contribution in [2.45, 2.75) is 51.6 Å². The lowest BCUT2D eigenvalue weighted by atomic mass is 9.93. The molecule has 1 aliphatic carbocycles. The third-order valence-electron chi connectivity index (χ3n) is 4.92. The highest BCUT2D eigenvalue weighted by Gasteiger charge is 2.27. The van der Waals surface area contributed by atoms with E-state index >= 15 is 0 Å². The van der Waals surface area contributed by atoms with Gasteiger partial charge in [0.1, 0.15) is 13.6 Å². The maximum absolute atomic E-state index is 6.52. The monoisotopic (exact) mass is 403 g/mol. The Morgan fingerprint density at radius 3 is 2.67 bits per heavy atom. The van der Waals surface area contributed by atoms with Crippen LogP contribution in [0.3, 0.4) is 0 Å². The first-order valence-corrected chi connectivity index (χ1v) is 10.8. The number of thiophene rings is 1. The number of allylic oxidation sites excluding steroid dienone is 3. The summed E-state index contributed by atoms with van der Waals surface area (Å²) in [5, 5.41) is 0.819. The molecule has 0 bridgehead atoms. The molecule has 1 atom stereocenters. The zero-order valence-corrected chi connectivity index (χ0v) is 18.7. The van der Waals surface area contributed by atoms with Crippen LogP contribution in [0.5, 0.6) is 0 Å². The average Bonchev–Trinajstić information content (AvgIpc) is 3.03. The molecule has 0 saturated heterocycles.